The second-order valence-corrected chi connectivity index (χ2v) is 6.27. The first kappa shape index (κ1) is 14.8. The number of aromatic nitrogens is 4. The van der Waals surface area contributed by atoms with Crippen LogP contribution in [0.3, 0.4) is 0 Å². The molecule has 0 radical (unpaired) electrons. The Morgan fingerprint density at radius 3 is 2.73 bits per heavy atom. The van der Waals surface area contributed by atoms with Gasteiger partial charge in [-0.05, 0) is 42.2 Å². The van der Waals surface area contributed by atoms with Gasteiger partial charge in [0.05, 0.1) is 11.3 Å². The first-order valence-electron chi connectivity index (χ1n) is 8.43. The van der Waals surface area contributed by atoms with Gasteiger partial charge >= 0.3 is 0 Å². The van der Waals surface area contributed by atoms with Crippen molar-refractivity contribution in [3.63, 3.8) is 0 Å². The number of hydrogen-bond acceptors (Lipinski definition) is 5. The Morgan fingerprint density at radius 2 is 1.88 bits per heavy atom. The van der Waals surface area contributed by atoms with Gasteiger partial charge in [0.1, 0.15) is 5.69 Å². The van der Waals surface area contributed by atoms with E-state index >= 15 is 0 Å². The number of oxime groups is 1. The minimum atomic E-state index is 0.749. The average molecular weight is 341 g/mol. The highest BCUT2D eigenvalue weighted by Gasteiger charge is 2.22. The molecule has 0 fully saturated rings. The molecule has 3 aromatic heterocycles. The minimum absolute atomic E-state index is 0.749. The monoisotopic (exact) mass is 341 g/mol. The highest BCUT2D eigenvalue weighted by atomic mass is 16.4. The molecule has 6 heteroatoms. The van der Waals surface area contributed by atoms with E-state index in [2.05, 4.69) is 21.2 Å². The summed E-state index contributed by atoms with van der Waals surface area (Å²) in [6.07, 6.45) is 8.85. The van der Waals surface area contributed by atoms with Crippen molar-refractivity contribution in [2.75, 3.05) is 0 Å². The molecule has 0 saturated carbocycles. The van der Waals surface area contributed by atoms with E-state index in [-0.39, 0.29) is 0 Å². The van der Waals surface area contributed by atoms with Crippen molar-refractivity contribution in [1.82, 2.24) is 19.6 Å². The van der Waals surface area contributed by atoms with Gasteiger partial charge in [-0.3, -0.25) is 4.98 Å². The lowest BCUT2D eigenvalue weighted by Gasteiger charge is -2.06. The topological polar surface area (TPSA) is 75.7 Å². The van der Waals surface area contributed by atoms with Gasteiger partial charge in [0.25, 0.3) is 0 Å². The van der Waals surface area contributed by atoms with Crippen LogP contribution in [0.1, 0.15) is 17.5 Å². The molecule has 1 aliphatic rings. The lowest BCUT2D eigenvalue weighted by atomic mass is 9.98. The molecule has 0 unspecified atom stereocenters. The molecule has 3 heterocycles. The van der Waals surface area contributed by atoms with Crippen LogP contribution in [0.2, 0.25) is 0 Å². The fraction of sp³-hybridized carbons (Fsp3) is 0.100. The van der Waals surface area contributed by atoms with Crippen LogP contribution in [0.4, 0.5) is 0 Å². The molecule has 1 N–H and O–H groups in total. The Morgan fingerprint density at radius 1 is 1.00 bits per heavy atom. The standard InChI is InChI=1S/C20H15N5O/c26-24-17-5-3-14-12-15(2-4-16(14)17)18-19(13-6-9-21-10-7-13)23-25-11-1-8-22-20(18)25/h1-2,4,6-12,26H,3,5H2/b24-17+. The van der Waals surface area contributed by atoms with Crippen LogP contribution in [-0.4, -0.2) is 30.5 Å². The van der Waals surface area contributed by atoms with Crippen LogP contribution in [0.5, 0.6) is 0 Å². The molecule has 1 aromatic carbocycles. The van der Waals surface area contributed by atoms with E-state index < -0.39 is 0 Å². The average Bonchev–Trinajstić information content (AvgIpc) is 3.29. The molecule has 4 aromatic rings. The molecule has 0 saturated heterocycles. The van der Waals surface area contributed by atoms with Crippen molar-refractivity contribution in [3.05, 3.63) is 72.3 Å². The molecule has 0 amide bonds. The van der Waals surface area contributed by atoms with Crippen molar-refractivity contribution < 1.29 is 5.21 Å². The van der Waals surface area contributed by atoms with Crippen molar-refractivity contribution in [1.29, 1.82) is 0 Å². The zero-order chi connectivity index (χ0) is 17.5. The Hall–Kier alpha value is -3.54. The summed E-state index contributed by atoms with van der Waals surface area (Å²) >= 11 is 0. The number of rotatable bonds is 2. The second-order valence-electron chi connectivity index (χ2n) is 6.27. The molecule has 1 aliphatic carbocycles. The third-order valence-electron chi connectivity index (χ3n) is 4.81. The predicted octanol–water partition coefficient (Wildman–Crippen LogP) is 3.58. The highest BCUT2D eigenvalue weighted by Crippen LogP contribution is 2.36. The van der Waals surface area contributed by atoms with Gasteiger partial charge in [-0.15, -0.1) is 0 Å². The number of pyridine rings is 1. The maximum absolute atomic E-state index is 9.16. The van der Waals surface area contributed by atoms with E-state index in [9.17, 15) is 0 Å². The van der Waals surface area contributed by atoms with Crippen LogP contribution >= 0.6 is 0 Å². The van der Waals surface area contributed by atoms with E-state index in [0.717, 1.165) is 52.1 Å². The summed E-state index contributed by atoms with van der Waals surface area (Å²) in [7, 11) is 0. The van der Waals surface area contributed by atoms with Gasteiger partial charge in [-0.1, -0.05) is 23.4 Å². The van der Waals surface area contributed by atoms with Crippen LogP contribution in [0.15, 0.2) is 66.3 Å². The summed E-state index contributed by atoms with van der Waals surface area (Å²) in [6, 6.07) is 12.0. The molecule has 0 spiro atoms. The Kier molecular flexibility index (Phi) is 3.28. The first-order chi connectivity index (χ1) is 12.8. The number of nitrogens with zero attached hydrogens (tertiary/aromatic N) is 5. The smallest absolute Gasteiger partial charge is 0.163 e. The maximum Gasteiger partial charge on any atom is 0.163 e. The Balaban J connectivity index is 1.77. The van der Waals surface area contributed by atoms with Gasteiger partial charge in [0.2, 0.25) is 0 Å². The molecular formula is C20H15N5O. The number of aryl methyl sites for hydroxylation is 1. The van der Waals surface area contributed by atoms with Crippen LogP contribution < -0.4 is 0 Å². The van der Waals surface area contributed by atoms with Gasteiger partial charge < -0.3 is 5.21 Å². The molecule has 6 nitrogen and oxygen atoms in total. The minimum Gasteiger partial charge on any atom is -0.411 e. The summed E-state index contributed by atoms with van der Waals surface area (Å²) in [6.45, 7) is 0. The number of hydrogen-bond donors (Lipinski definition) is 1. The number of fused-ring (bicyclic) bond motifs is 2. The van der Waals surface area contributed by atoms with Gasteiger partial charge in [-0.2, -0.15) is 5.10 Å². The predicted molar refractivity (Wildman–Crippen MR) is 98.3 cm³/mol. The summed E-state index contributed by atoms with van der Waals surface area (Å²) in [5, 5.41) is 17.3. The summed E-state index contributed by atoms with van der Waals surface area (Å²) in [4.78, 5) is 8.65. The summed E-state index contributed by atoms with van der Waals surface area (Å²) in [5.41, 5.74) is 7.70. The zero-order valence-corrected chi connectivity index (χ0v) is 13.9. The maximum atomic E-state index is 9.16. The quantitative estimate of drug-likeness (QED) is 0.447. The van der Waals surface area contributed by atoms with Crippen LogP contribution in [0.25, 0.3) is 28.0 Å². The van der Waals surface area contributed by atoms with Crippen molar-refractivity contribution in [2.24, 2.45) is 5.16 Å². The first-order valence-corrected chi connectivity index (χ1v) is 8.43. The molecule has 0 atom stereocenters. The normalized spacial score (nSPS) is 14.8. The van der Waals surface area contributed by atoms with Crippen molar-refractivity contribution in [2.45, 2.75) is 12.8 Å². The molecule has 0 bridgehead atoms. The van der Waals surface area contributed by atoms with Gasteiger partial charge in [0.15, 0.2) is 5.65 Å². The molecular weight excluding hydrogens is 326 g/mol. The van der Waals surface area contributed by atoms with Crippen LogP contribution in [0, 0.1) is 0 Å². The lowest BCUT2D eigenvalue weighted by molar-refractivity contribution is 0.318. The van der Waals surface area contributed by atoms with E-state index in [1.165, 1.54) is 5.56 Å². The zero-order valence-electron chi connectivity index (χ0n) is 13.9. The lowest BCUT2D eigenvalue weighted by Crippen LogP contribution is -1.94. The molecule has 126 valence electrons. The third kappa shape index (κ3) is 2.19. The fourth-order valence-corrected chi connectivity index (χ4v) is 3.59. The van der Waals surface area contributed by atoms with Crippen molar-refractivity contribution in [3.8, 4) is 22.4 Å². The van der Waals surface area contributed by atoms with E-state index in [4.69, 9.17) is 10.3 Å². The van der Waals surface area contributed by atoms with E-state index in [0.29, 0.717) is 0 Å². The molecule has 26 heavy (non-hydrogen) atoms. The molecule has 5 rings (SSSR count). The van der Waals surface area contributed by atoms with Gasteiger partial charge in [-0.25, -0.2) is 9.50 Å². The Bertz CT molecular complexity index is 1150. The third-order valence-corrected chi connectivity index (χ3v) is 4.81. The fourth-order valence-electron chi connectivity index (χ4n) is 3.59. The SMILES string of the molecule is O/N=C1\CCc2cc(-c3c(-c4ccncc4)nn4cccnc34)ccc21. The van der Waals surface area contributed by atoms with Crippen molar-refractivity contribution >= 4 is 11.4 Å². The highest BCUT2D eigenvalue weighted by molar-refractivity contribution is 6.05. The van der Waals surface area contributed by atoms with Gasteiger partial charge in [0, 0.05) is 35.9 Å². The van der Waals surface area contributed by atoms with E-state index in [1.807, 2.05) is 36.5 Å². The summed E-state index contributed by atoms with van der Waals surface area (Å²) in [5.74, 6) is 0. The Labute approximate surface area is 149 Å². The molecule has 0 aliphatic heterocycles. The van der Waals surface area contributed by atoms with E-state index in [1.54, 1.807) is 23.1 Å². The number of benzene rings is 1. The largest absolute Gasteiger partial charge is 0.411 e. The van der Waals surface area contributed by atoms with Crippen LogP contribution in [-0.2, 0) is 6.42 Å². The second kappa shape index (κ2) is 5.77. The summed E-state index contributed by atoms with van der Waals surface area (Å²) < 4.78 is 1.80.